The third-order valence-corrected chi connectivity index (χ3v) is 2.76. The molecule has 0 spiro atoms. The van der Waals surface area contributed by atoms with Crippen LogP contribution in [0.5, 0.6) is 0 Å². The zero-order valence-electron chi connectivity index (χ0n) is 8.99. The van der Waals surface area contributed by atoms with Gasteiger partial charge in [0, 0.05) is 12.4 Å². The summed E-state index contributed by atoms with van der Waals surface area (Å²) < 4.78 is 21.0. The summed E-state index contributed by atoms with van der Waals surface area (Å²) >= 11 is 0. The first-order valence-corrected chi connectivity index (χ1v) is 6.72. The minimum absolute atomic E-state index is 0.0208. The highest BCUT2D eigenvalue weighted by atomic mass is 32.2. The van der Waals surface area contributed by atoms with Crippen molar-refractivity contribution in [3.8, 4) is 0 Å². The van der Waals surface area contributed by atoms with Gasteiger partial charge in [0.25, 0.3) is 0 Å². The SMILES string of the molecule is NS(=O)(=O)CN1CCCC1.c1cncnc1. The maximum atomic E-state index is 10.5. The molecule has 7 heteroatoms. The Morgan fingerprint density at radius 1 is 1.19 bits per heavy atom. The van der Waals surface area contributed by atoms with E-state index in [0.29, 0.717) is 0 Å². The minimum atomic E-state index is -3.28. The average Bonchev–Trinajstić information content (AvgIpc) is 2.71. The average molecular weight is 244 g/mol. The Bertz CT molecular complexity index is 349. The summed E-state index contributed by atoms with van der Waals surface area (Å²) in [5.41, 5.74) is 0. The summed E-state index contributed by atoms with van der Waals surface area (Å²) in [4.78, 5) is 9.20. The molecule has 0 atom stereocenters. The van der Waals surface area contributed by atoms with Gasteiger partial charge in [-0.2, -0.15) is 0 Å². The van der Waals surface area contributed by atoms with E-state index < -0.39 is 10.0 Å². The molecule has 2 N–H and O–H groups in total. The first-order chi connectivity index (χ1) is 7.58. The fourth-order valence-electron chi connectivity index (χ4n) is 1.42. The highest BCUT2D eigenvalue weighted by Crippen LogP contribution is 2.06. The number of hydrogen-bond donors (Lipinski definition) is 1. The highest BCUT2D eigenvalue weighted by Gasteiger charge is 2.15. The van der Waals surface area contributed by atoms with Gasteiger partial charge in [-0.1, -0.05) is 0 Å². The van der Waals surface area contributed by atoms with Crippen LogP contribution in [0.2, 0.25) is 0 Å². The summed E-state index contributed by atoms with van der Waals surface area (Å²) in [5.74, 6) is 0.0208. The van der Waals surface area contributed by atoms with E-state index in [4.69, 9.17) is 5.14 Å². The van der Waals surface area contributed by atoms with E-state index in [1.807, 2.05) is 4.90 Å². The molecule has 0 saturated carbocycles. The van der Waals surface area contributed by atoms with Crippen LogP contribution in [0, 0.1) is 0 Å². The lowest BCUT2D eigenvalue weighted by Gasteiger charge is -2.11. The highest BCUT2D eigenvalue weighted by molar-refractivity contribution is 7.89. The van der Waals surface area contributed by atoms with E-state index in [1.54, 1.807) is 18.5 Å². The van der Waals surface area contributed by atoms with Crippen LogP contribution in [0.25, 0.3) is 0 Å². The summed E-state index contributed by atoms with van der Waals surface area (Å²) in [7, 11) is -3.28. The normalized spacial score (nSPS) is 16.6. The van der Waals surface area contributed by atoms with Crippen LogP contribution in [0.4, 0.5) is 0 Å². The second-order valence-corrected chi connectivity index (χ2v) is 5.11. The lowest BCUT2D eigenvalue weighted by atomic mass is 10.4. The summed E-state index contributed by atoms with van der Waals surface area (Å²) in [5, 5.41) is 4.85. The summed E-state index contributed by atoms with van der Waals surface area (Å²) in [6.07, 6.45) is 7.06. The van der Waals surface area contributed by atoms with Gasteiger partial charge in [0.15, 0.2) is 0 Å². The molecule has 90 valence electrons. The monoisotopic (exact) mass is 244 g/mol. The van der Waals surface area contributed by atoms with E-state index in [1.165, 1.54) is 6.33 Å². The van der Waals surface area contributed by atoms with Crippen LogP contribution in [-0.2, 0) is 10.0 Å². The van der Waals surface area contributed by atoms with Crippen LogP contribution in [0.1, 0.15) is 12.8 Å². The lowest BCUT2D eigenvalue weighted by Crippen LogP contribution is -2.31. The van der Waals surface area contributed by atoms with Gasteiger partial charge < -0.3 is 0 Å². The quantitative estimate of drug-likeness (QED) is 0.778. The third-order valence-electron chi connectivity index (χ3n) is 2.04. The number of aromatic nitrogens is 2. The molecule has 0 radical (unpaired) electrons. The van der Waals surface area contributed by atoms with Gasteiger partial charge in [-0.25, -0.2) is 23.5 Å². The predicted octanol–water partition coefficient (Wildman–Crippen LogP) is -0.195. The standard InChI is InChI=1S/C5H12N2O2S.C4H4N2/c6-10(8,9)5-7-3-1-2-4-7;1-2-5-4-6-3-1/h1-5H2,(H2,6,8,9);1-4H. The molecule has 1 aliphatic heterocycles. The largest absolute Gasteiger partial charge is 0.289 e. The lowest BCUT2D eigenvalue weighted by molar-refractivity contribution is 0.388. The van der Waals surface area contributed by atoms with Crippen molar-refractivity contribution in [1.29, 1.82) is 0 Å². The van der Waals surface area contributed by atoms with Crippen LogP contribution < -0.4 is 5.14 Å². The number of primary sulfonamides is 1. The number of sulfonamides is 1. The van der Waals surface area contributed by atoms with Crippen molar-refractivity contribution in [1.82, 2.24) is 14.9 Å². The van der Waals surface area contributed by atoms with Crippen LogP contribution in [-0.4, -0.2) is 42.3 Å². The molecular formula is C9H16N4O2S. The first-order valence-electron chi connectivity index (χ1n) is 5.01. The first kappa shape index (κ1) is 13.0. The molecule has 0 aromatic carbocycles. The van der Waals surface area contributed by atoms with E-state index in [9.17, 15) is 8.42 Å². The van der Waals surface area contributed by atoms with E-state index >= 15 is 0 Å². The van der Waals surface area contributed by atoms with Gasteiger partial charge in [0.05, 0.1) is 0 Å². The Labute approximate surface area is 95.6 Å². The Morgan fingerprint density at radius 2 is 1.75 bits per heavy atom. The van der Waals surface area contributed by atoms with Gasteiger partial charge in [0.2, 0.25) is 10.0 Å². The van der Waals surface area contributed by atoms with Gasteiger partial charge in [-0.3, -0.25) is 4.90 Å². The molecule has 0 unspecified atom stereocenters. The van der Waals surface area contributed by atoms with Crippen molar-refractivity contribution in [2.45, 2.75) is 12.8 Å². The molecular weight excluding hydrogens is 228 g/mol. The van der Waals surface area contributed by atoms with Crippen molar-refractivity contribution in [3.63, 3.8) is 0 Å². The molecule has 0 aliphatic carbocycles. The van der Waals surface area contributed by atoms with Gasteiger partial charge >= 0.3 is 0 Å². The van der Waals surface area contributed by atoms with Crippen molar-refractivity contribution in [2.75, 3.05) is 19.0 Å². The van der Waals surface area contributed by atoms with Crippen molar-refractivity contribution in [2.24, 2.45) is 5.14 Å². The smallest absolute Gasteiger partial charge is 0.222 e. The maximum absolute atomic E-state index is 10.5. The van der Waals surface area contributed by atoms with E-state index in [2.05, 4.69) is 9.97 Å². The molecule has 1 aromatic rings. The Kier molecular flexibility index (Phi) is 5.30. The molecule has 1 fully saturated rings. The molecule has 6 nitrogen and oxygen atoms in total. The number of rotatable bonds is 2. The second-order valence-electron chi connectivity index (χ2n) is 3.52. The van der Waals surface area contributed by atoms with E-state index in [0.717, 1.165) is 25.9 Å². The van der Waals surface area contributed by atoms with Gasteiger partial charge in [-0.15, -0.1) is 0 Å². The van der Waals surface area contributed by atoms with Gasteiger partial charge in [0.1, 0.15) is 12.2 Å². The Balaban J connectivity index is 0.000000181. The number of nitrogens with zero attached hydrogens (tertiary/aromatic N) is 3. The Morgan fingerprint density at radius 3 is 2.06 bits per heavy atom. The zero-order chi connectivity index (χ0) is 11.9. The second kappa shape index (κ2) is 6.51. The van der Waals surface area contributed by atoms with Gasteiger partial charge in [-0.05, 0) is 32.0 Å². The fourth-order valence-corrected chi connectivity index (χ4v) is 2.19. The molecule has 0 amide bonds. The topological polar surface area (TPSA) is 89.2 Å². The molecule has 0 bridgehead atoms. The Hall–Kier alpha value is -1.05. The molecule has 2 heterocycles. The molecule has 1 saturated heterocycles. The third kappa shape index (κ3) is 6.44. The number of nitrogens with two attached hydrogens (primary N) is 1. The van der Waals surface area contributed by atoms with E-state index in [-0.39, 0.29) is 5.88 Å². The fraction of sp³-hybridized carbons (Fsp3) is 0.556. The van der Waals surface area contributed by atoms with Crippen molar-refractivity contribution in [3.05, 3.63) is 24.8 Å². The maximum Gasteiger partial charge on any atom is 0.222 e. The predicted molar refractivity (Wildman–Crippen MR) is 60.8 cm³/mol. The van der Waals surface area contributed by atoms with Crippen LogP contribution >= 0.6 is 0 Å². The number of hydrogen-bond acceptors (Lipinski definition) is 5. The molecule has 16 heavy (non-hydrogen) atoms. The van der Waals surface area contributed by atoms with Crippen molar-refractivity contribution < 1.29 is 8.42 Å². The van der Waals surface area contributed by atoms with Crippen LogP contribution in [0.3, 0.4) is 0 Å². The van der Waals surface area contributed by atoms with Crippen molar-refractivity contribution >= 4 is 10.0 Å². The zero-order valence-corrected chi connectivity index (χ0v) is 9.81. The number of likely N-dealkylation sites (tertiary alicyclic amines) is 1. The molecule has 1 aliphatic rings. The minimum Gasteiger partial charge on any atom is -0.289 e. The van der Waals surface area contributed by atoms with Crippen LogP contribution in [0.15, 0.2) is 24.8 Å². The molecule has 1 aromatic heterocycles. The summed E-state index contributed by atoms with van der Waals surface area (Å²) in [6.45, 7) is 1.74. The molecule has 2 rings (SSSR count). The summed E-state index contributed by atoms with van der Waals surface area (Å²) in [6, 6.07) is 1.78.